The lowest BCUT2D eigenvalue weighted by Crippen LogP contribution is -2.22. The van der Waals surface area contributed by atoms with Gasteiger partial charge in [0.2, 0.25) is 0 Å². The molecule has 0 saturated heterocycles. The summed E-state index contributed by atoms with van der Waals surface area (Å²) in [5.74, 6) is -1.14. The summed E-state index contributed by atoms with van der Waals surface area (Å²) in [5.41, 5.74) is 2.99. The van der Waals surface area contributed by atoms with Crippen molar-refractivity contribution in [2.45, 2.75) is 27.2 Å². The maximum absolute atomic E-state index is 10.9. The van der Waals surface area contributed by atoms with Gasteiger partial charge in [-0.25, -0.2) is 0 Å². The van der Waals surface area contributed by atoms with Crippen molar-refractivity contribution in [3.8, 4) is 0 Å². The highest BCUT2D eigenvalue weighted by Crippen LogP contribution is 2.43. The topological polar surface area (TPSA) is 49.7 Å². The van der Waals surface area contributed by atoms with E-state index in [0.717, 1.165) is 17.0 Å². The average molecular weight is 205 g/mol. The van der Waals surface area contributed by atoms with Gasteiger partial charge >= 0.3 is 5.97 Å². The van der Waals surface area contributed by atoms with Crippen molar-refractivity contribution in [2.75, 3.05) is 0 Å². The first-order valence-electron chi connectivity index (χ1n) is 5.14. The Kier molecular flexibility index (Phi) is 2.07. The molecule has 0 spiro atoms. The second kappa shape index (κ2) is 3.05. The van der Waals surface area contributed by atoms with Crippen LogP contribution in [-0.2, 0) is 4.79 Å². The molecule has 0 saturated carbocycles. The summed E-state index contributed by atoms with van der Waals surface area (Å²) in [6.45, 7) is 6.17. The highest BCUT2D eigenvalue weighted by atomic mass is 16.4. The summed E-state index contributed by atoms with van der Waals surface area (Å²) in [5, 5.41) is 8.98. The highest BCUT2D eigenvalue weighted by molar-refractivity contribution is 5.96. The lowest BCUT2D eigenvalue weighted by Gasteiger charge is -2.24. The standard InChI is InChI=1S/C12H15NO2/c1-7-12(2,3)9-6-8(11(14)15)4-5-10(9)13-7/h5-6,8H,4H2,1-3H3,(H,14,15). The van der Waals surface area contributed by atoms with Gasteiger partial charge in [0.15, 0.2) is 0 Å². The van der Waals surface area contributed by atoms with Gasteiger partial charge in [-0.05, 0) is 18.9 Å². The SMILES string of the molecule is CC1=NC2=CCC(C(=O)O)C=C2C1(C)C. The number of aliphatic carboxylic acids is 1. The third-order valence-electron chi connectivity index (χ3n) is 3.39. The van der Waals surface area contributed by atoms with E-state index in [2.05, 4.69) is 18.8 Å². The van der Waals surface area contributed by atoms with Crippen molar-refractivity contribution in [3.05, 3.63) is 23.4 Å². The third kappa shape index (κ3) is 1.42. The van der Waals surface area contributed by atoms with E-state index in [1.807, 2.05) is 19.1 Å². The van der Waals surface area contributed by atoms with Crippen molar-refractivity contribution in [3.63, 3.8) is 0 Å². The zero-order chi connectivity index (χ0) is 11.2. The van der Waals surface area contributed by atoms with Crippen LogP contribution in [0, 0.1) is 11.3 Å². The Labute approximate surface area is 89.2 Å². The van der Waals surface area contributed by atoms with Crippen LogP contribution in [0.15, 0.2) is 28.4 Å². The molecule has 1 aliphatic carbocycles. The van der Waals surface area contributed by atoms with E-state index in [1.54, 1.807) is 0 Å². The minimum absolute atomic E-state index is 0.111. The lowest BCUT2D eigenvalue weighted by molar-refractivity contribution is -0.140. The number of hydrogen-bond donors (Lipinski definition) is 1. The van der Waals surface area contributed by atoms with Gasteiger partial charge in [-0.15, -0.1) is 0 Å². The molecule has 0 aromatic carbocycles. The fourth-order valence-electron chi connectivity index (χ4n) is 2.02. The van der Waals surface area contributed by atoms with Gasteiger partial charge < -0.3 is 5.11 Å². The molecule has 2 rings (SSSR count). The summed E-state index contributed by atoms with van der Waals surface area (Å²) in [4.78, 5) is 15.4. The number of rotatable bonds is 1. The number of carboxylic acids is 1. The molecule has 1 heterocycles. The molecule has 0 aromatic heterocycles. The van der Waals surface area contributed by atoms with Gasteiger partial charge in [-0.1, -0.05) is 26.0 Å². The minimum atomic E-state index is -0.752. The van der Waals surface area contributed by atoms with Crippen molar-refractivity contribution >= 4 is 11.7 Å². The van der Waals surface area contributed by atoms with Crippen LogP contribution in [0.5, 0.6) is 0 Å². The number of aliphatic imine (C=N–C) groups is 1. The number of fused-ring (bicyclic) bond motifs is 1. The number of nitrogens with zero attached hydrogens (tertiary/aromatic N) is 1. The zero-order valence-corrected chi connectivity index (χ0v) is 9.24. The summed E-state index contributed by atoms with van der Waals surface area (Å²) >= 11 is 0. The van der Waals surface area contributed by atoms with E-state index in [-0.39, 0.29) is 11.3 Å². The molecule has 3 nitrogen and oxygen atoms in total. The van der Waals surface area contributed by atoms with E-state index >= 15 is 0 Å². The Bertz CT molecular complexity index is 413. The van der Waals surface area contributed by atoms with Crippen LogP contribution in [0.4, 0.5) is 0 Å². The first kappa shape index (κ1) is 10.1. The molecule has 0 fully saturated rings. The minimum Gasteiger partial charge on any atom is -0.481 e. The molecule has 80 valence electrons. The van der Waals surface area contributed by atoms with E-state index in [0.29, 0.717) is 6.42 Å². The maximum atomic E-state index is 10.9. The number of carbonyl (C=O) groups is 1. The van der Waals surface area contributed by atoms with E-state index < -0.39 is 5.97 Å². The number of hydrogen-bond acceptors (Lipinski definition) is 2. The third-order valence-corrected chi connectivity index (χ3v) is 3.39. The first-order chi connectivity index (χ1) is 6.93. The predicted octanol–water partition coefficient (Wildman–Crippen LogP) is 2.40. The molecule has 3 heteroatoms. The normalized spacial score (nSPS) is 27.7. The lowest BCUT2D eigenvalue weighted by atomic mass is 9.77. The maximum Gasteiger partial charge on any atom is 0.310 e. The van der Waals surface area contributed by atoms with Crippen LogP contribution in [-0.4, -0.2) is 16.8 Å². The Hall–Kier alpha value is -1.38. The molecule has 0 aromatic rings. The van der Waals surface area contributed by atoms with Gasteiger partial charge in [0.1, 0.15) is 0 Å². The molecule has 0 amide bonds. The molecular formula is C12H15NO2. The molecule has 1 N–H and O–H groups in total. The fourth-order valence-corrected chi connectivity index (χ4v) is 2.02. The molecule has 0 bridgehead atoms. The Balaban J connectivity index is 2.42. The highest BCUT2D eigenvalue weighted by Gasteiger charge is 2.37. The van der Waals surface area contributed by atoms with Gasteiger partial charge in [0.05, 0.1) is 11.6 Å². The summed E-state index contributed by atoms with van der Waals surface area (Å²) in [6, 6.07) is 0. The van der Waals surface area contributed by atoms with Crippen LogP contribution < -0.4 is 0 Å². The van der Waals surface area contributed by atoms with Crippen molar-refractivity contribution < 1.29 is 9.90 Å². The van der Waals surface area contributed by atoms with Gasteiger partial charge in [-0.3, -0.25) is 9.79 Å². The Morgan fingerprint density at radius 1 is 1.60 bits per heavy atom. The molecule has 2 aliphatic rings. The smallest absolute Gasteiger partial charge is 0.310 e. The quantitative estimate of drug-likeness (QED) is 0.714. The summed E-state index contributed by atoms with van der Waals surface area (Å²) in [6.07, 6.45) is 4.35. The molecule has 0 radical (unpaired) electrons. The van der Waals surface area contributed by atoms with Crippen molar-refractivity contribution in [2.24, 2.45) is 16.3 Å². The summed E-state index contributed by atoms with van der Waals surface area (Å²) < 4.78 is 0. The molecular weight excluding hydrogens is 190 g/mol. The Morgan fingerprint density at radius 3 is 2.87 bits per heavy atom. The van der Waals surface area contributed by atoms with Gasteiger partial charge in [0, 0.05) is 11.1 Å². The Morgan fingerprint density at radius 2 is 2.27 bits per heavy atom. The number of carboxylic acid groups (broad SMARTS) is 1. The van der Waals surface area contributed by atoms with Crippen LogP contribution in [0.25, 0.3) is 0 Å². The van der Waals surface area contributed by atoms with Crippen molar-refractivity contribution in [1.82, 2.24) is 0 Å². The first-order valence-corrected chi connectivity index (χ1v) is 5.14. The number of allylic oxidation sites excluding steroid dienone is 2. The molecule has 15 heavy (non-hydrogen) atoms. The van der Waals surface area contributed by atoms with Gasteiger partial charge in [-0.2, -0.15) is 0 Å². The zero-order valence-electron chi connectivity index (χ0n) is 9.24. The monoisotopic (exact) mass is 205 g/mol. The average Bonchev–Trinajstić information content (AvgIpc) is 2.38. The molecule has 1 aliphatic heterocycles. The largest absolute Gasteiger partial charge is 0.481 e. The van der Waals surface area contributed by atoms with Crippen molar-refractivity contribution in [1.29, 1.82) is 0 Å². The van der Waals surface area contributed by atoms with Crippen LogP contribution in [0.2, 0.25) is 0 Å². The summed E-state index contributed by atoms with van der Waals surface area (Å²) in [7, 11) is 0. The van der Waals surface area contributed by atoms with E-state index in [9.17, 15) is 4.79 Å². The second-order valence-corrected chi connectivity index (χ2v) is 4.67. The van der Waals surface area contributed by atoms with Crippen LogP contribution >= 0.6 is 0 Å². The van der Waals surface area contributed by atoms with Crippen LogP contribution in [0.3, 0.4) is 0 Å². The molecule has 1 atom stereocenters. The fraction of sp³-hybridized carbons (Fsp3) is 0.500. The van der Waals surface area contributed by atoms with E-state index in [1.165, 1.54) is 0 Å². The molecule has 1 unspecified atom stereocenters. The predicted molar refractivity (Wildman–Crippen MR) is 58.8 cm³/mol. The van der Waals surface area contributed by atoms with E-state index in [4.69, 9.17) is 5.11 Å². The van der Waals surface area contributed by atoms with Crippen LogP contribution in [0.1, 0.15) is 27.2 Å². The second-order valence-electron chi connectivity index (χ2n) is 4.67. The van der Waals surface area contributed by atoms with Gasteiger partial charge in [0.25, 0.3) is 0 Å².